The first kappa shape index (κ1) is 20.1. The summed E-state index contributed by atoms with van der Waals surface area (Å²) in [7, 11) is 0. The lowest BCUT2D eigenvalue weighted by molar-refractivity contribution is -0.119. The lowest BCUT2D eigenvalue weighted by atomic mass is 10.1. The Labute approximate surface area is 151 Å². The number of aromatic nitrogens is 1. The second kappa shape index (κ2) is 9.36. The van der Waals surface area contributed by atoms with E-state index in [0.29, 0.717) is 11.7 Å². The fourth-order valence-electron chi connectivity index (χ4n) is 1.91. The summed E-state index contributed by atoms with van der Waals surface area (Å²) in [6.07, 6.45) is 0.784. The summed E-state index contributed by atoms with van der Waals surface area (Å²) in [6, 6.07) is 7.42. The molecule has 0 bridgehead atoms. The largest absolute Gasteiger partial charge is 0.356 e. The van der Waals surface area contributed by atoms with E-state index in [1.165, 1.54) is 18.3 Å². The molecule has 2 amide bonds. The molecule has 1 aromatic carbocycles. The number of amides is 2. The van der Waals surface area contributed by atoms with Gasteiger partial charge in [-0.1, -0.05) is 24.3 Å². The van der Waals surface area contributed by atoms with E-state index < -0.39 is 6.04 Å². The predicted octanol–water partition coefficient (Wildman–Crippen LogP) is 2.20. The molecule has 1 aromatic heterocycles. The van der Waals surface area contributed by atoms with Crippen molar-refractivity contribution in [3.8, 4) is 11.3 Å². The molecule has 2 aromatic rings. The van der Waals surface area contributed by atoms with Crippen molar-refractivity contribution in [1.29, 1.82) is 0 Å². The highest BCUT2D eigenvalue weighted by Gasteiger charge is 2.11. The number of nitrogens with zero attached hydrogens (tertiary/aromatic N) is 1. The van der Waals surface area contributed by atoms with Gasteiger partial charge in [0.1, 0.15) is 0 Å². The molecule has 0 fully saturated rings. The Bertz CT molecular complexity index is 686. The number of nitrogens with one attached hydrogen (secondary N) is 2. The first-order valence-electron chi connectivity index (χ1n) is 7.31. The van der Waals surface area contributed by atoms with Crippen molar-refractivity contribution in [2.24, 2.45) is 5.73 Å². The van der Waals surface area contributed by atoms with Gasteiger partial charge in [0.25, 0.3) is 0 Å². The van der Waals surface area contributed by atoms with Gasteiger partial charge >= 0.3 is 0 Å². The highest BCUT2D eigenvalue weighted by atomic mass is 35.5. The lowest BCUT2D eigenvalue weighted by Crippen LogP contribution is -2.32. The van der Waals surface area contributed by atoms with Crippen molar-refractivity contribution in [3.05, 3.63) is 35.2 Å². The van der Waals surface area contributed by atoms with Crippen LogP contribution in [0.3, 0.4) is 0 Å². The molecule has 1 heterocycles. The average molecular weight is 369 g/mol. The van der Waals surface area contributed by atoms with Crippen molar-refractivity contribution in [2.75, 3.05) is 11.9 Å². The first-order valence-corrected chi connectivity index (χ1v) is 8.19. The second-order valence-corrected chi connectivity index (χ2v) is 6.10. The maximum absolute atomic E-state index is 11.6. The fraction of sp³-hybridized carbons (Fsp3) is 0.312. The second-order valence-electron chi connectivity index (χ2n) is 5.25. The lowest BCUT2D eigenvalue weighted by Gasteiger charge is -2.04. The van der Waals surface area contributed by atoms with E-state index in [1.807, 2.05) is 29.6 Å². The van der Waals surface area contributed by atoms with E-state index in [2.05, 4.69) is 15.6 Å². The molecule has 4 N–H and O–H groups in total. The van der Waals surface area contributed by atoms with Crippen LogP contribution >= 0.6 is 23.7 Å². The predicted molar refractivity (Wildman–Crippen MR) is 99.5 cm³/mol. The molecule has 1 atom stereocenters. The zero-order valence-electron chi connectivity index (χ0n) is 13.5. The molecule has 0 aliphatic rings. The zero-order valence-corrected chi connectivity index (χ0v) is 15.2. The number of carbonyl (C=O) groups excluding carboxylic acids is 2. The SMILES string of the molecule is CC(=O)NCCc1ccc(-c2csc(NC(=O)[C@@H](C)N)n2)cc1.Cl. The van der Waals surface area contributed by atoms with E-state index >= 15 is 0 Å². The van der Waals surface area contributed by atoms with Gasteiger partial charge in [0.05, 0.1) is 11.7 Å². The van der Waals surface area contributed by atoms with Gasteiger partial charge in [0.15, 0.2) is 5.13 Å². The van der Waals surface area contributed by atoms with Gasteiger partial charge in [0, 0.05) is 24.4 Å². The quantitative estimate of drug-likeness (QED) is 0.728. The van der Waals surface area contributed by atoms with Crippen LogP contribution in [-0.2, 0) is 16.0 Å². The summed E-state index contributed by atoms with van der Waals surface area (Å²) >= 11 is 1.37. The standard InChI is InChI=1S/C16H20N4O2S.ClH/c1-10(17)15(22)20-16-19-14(9-23-16)13-5-3-12(4-6-13)7-8-18-11(2)21;/h3-6,9-10H,7-8,17H2,1-2H3,(H,18,21)(H,19,20,22);1H/t10-;/m1./s1. The first-order chi connectivity index (χ1) is 11.0. The van der Waals surface area contributed by atoms with Gasteiger partial charge < -0.3 is 16.4 Å². The summed E-state index contributed by atoms with van der Waals surface area (Å²) < 4.78 is 0. The molecule has 0 saturated carbocycles. The van der Waals surface area contributed by atoms with Gasteiger partial charge in [-0.2, -0.15) is 0 Å². The number of anilines is 1. The molecule has 8 heteroatoms. The Hall–Kier alpha value is -1.96. The van der Waals surface area contributed by atoms with Crippen LogP contribution in [0.15, 0.2) is 29.6 Å². The highest BCUT2D eigenvalue weighted by molar-refractivity contribution is 7.14. The van der Waals surface area contributed by atoms with E-state index in [9.17, 15) is 9.59 Å². The third-order valence-corrected chi connectivity index (χ3v) is 3.94. The maximum atomic E-state index is 11.6. The zero-order chi connectivity index (χ0) is 16.8. The number of nitrogens with two attached hydrogens (primary N) is 1. The number of hydrogen-bond acceptors (Lipinski definition) is 5. The average Bonchev–Trinajstić information content (AvgIpc) is 2.96. The monoisotopic (exact) mass is 368 g/mol. The van der Waals surface area contributed by atoms with Crippen molar-refractivity contribution >= 4 is 40.7 Å². The third-order valence-electron chi connectivity index (χ3n) is 3.19. The fourth-order valence-corrected chi connectivity index (χ4v) is 2.63. The minimum Gasteiger partial charge on any atom is -0.356 e. The van der Waals surface area contributed by atoms with Gasteiger partial charge in [-0.05, 0) is 18.9 Å². The Morgan fingerprint density at radius 1 is 1.29 bits per heavy atom. The van der Waals surface area contributed by atoms with Crippen LogP contribution in [0.4, 0.5) is 5.13 Å². The van der Waals surface area contributed by atoms with E-state index in [0.717, 1.165) is 23.2 Å². The van der Waals surface area contributed by atoms with Gasteiger partial charge in [-0.25, -0.2) is 4.98 Å². The van der Waals surface area contributed by atoms with Crippen LogP contribution in [0, 0.1) is 0 Å². The molecule has 0 spiro atoms. The molecular formula is C16H21ClN4O2S. The van der Waals surface area contributed by atoms with Crippen LogP contribution in [0.2, 0.25) is 0 Å². The molecule has 24 heavy (non-hydrogen) atoms. The molecule has 0 aliphatic carbocycles. The van der Waals surface area contributed by atoms with Crippen LogP contribution in [0.5, 0.6) is 0 Å². The maximum Gasteiger partial charge on any atom is 0.242 e. The number of hydrogen-bond donors (Lipinski definition) is 3. The van der Waals surface area contributed by atoms with E-state index in [-0.39, 0.29) is 24.2 Å². The Morgan fingerprint density at radius 3 is 2.54 bits per heavy atom. The van der Waals surface area contributed by atoms with E-state index in [4.69, 9.17) is 5.73 Å². The van der Waals surface area contributed by atoms with Crippen molar-refractivity contribution < 1.29 is 9.59 Å². The van der Waals surface area contributed by atoms with Crippen LogP contribution in [0.1, 0.15) is 19.4 Å². The van der Waals surface area contributed by atoms with Crippen LogP contribution in [0.25, 0.3) is 11.3 Å². The summed E-state index contributed by atoms with van der Waals surface area (Å²) in [5, 5.41) is 7.89. The summed E-state index contributed by atoms with van der Waals surface area (Å²) in [5.41, 5.74) is 8.44. The van der Waals surface area contributed by atoms with Crippen LogP contribution < -0.4 is 16.4 Å². The van der Waals surface area contributed by atoms with Gasteiger partial charge in [-0.3, -0.25) is 9.59 Å². The topological polar surface area (TPSA) is 97.1 Å². The number of carbonyl (C=O) groups is 2. The van der Waals surface area contributed by atoms with Gasteiger partial charge in [0.2, 0.25) is 11.8 Å². The number of rotatable bonds is 6. The summed E-state index contributed by atoms with van der Waals surface area (Å²) in [4.78, 5) is 26.8. The Morgan fingerprint density at radius 2 is 1.96 bits per heavy atom. The van der Waals surface area contributed by atoms with Gasteiger partial charge in [-0.15, -0.1) is 23.7 Å². The molecule has 0 aliphatic heterocycles. The minimum absolute atomic E-state index is 0. The van der Waals surface area contributed by atoms with Crippen molar-refractivity contribution in [2.45, 2.75) is 26.3 Å². The molecule has 2 rings (SSSR count). The molecule has 130 valence electrons. The number of benzene rings is 1. The smallest absolute Gasteiger partial charge is 0.242 e. The minimum atomic E-state index is -0.565. The molecule has 0 saturated heterocycles. The summed E-state index contributed by atoms with van der Waals surface area (Å²) in [6.45, 7) is 3.76. The normalized spacial score (nSPS) is 11.3. The highest BCUT2D eigenvalue weighted by Crippen LogP contribution is 2.25. The molecule has 6 nitrogen and oxygen atoms in total. The van der Waals surface area contributed by atoms with Crippen molar-refractivity contribution in [3.63, 3.8) is 0 Å². The summed E-state index contributed by atoms with van der Waals surface area (Å²) in [5.74, 6) is -0.273. The molecule has 0 radical (unpaired) electrons. The molecule has 0 unspecified atom stereocenters. The number of thiazole rings is 1. The third kappa shape index (κ3) is 5.92. The Balaban J connectivity index is 0.00000288. The van der Waals surface area contributed by atoms with Crippen LogP contribution in [-0.4, -0.2) is 29.4 Å². The van der Waals surface area contributed by atoms with E-state index in [1.54, 1.807) is 6.92 Å². The molecular weight excluding hydrogens is 348 g/mol. The Kier molecular flexibility index (Phi) is 7.84. The van der Waals surface area contributed by atoms with Crippen molar-refractivity contribution in [1.82, 2.24) is 10.3 Å². The number of halogens is 1.